The van der Waals surface area contributed by atoms with Crippen LogP contribution in [0.15, 0.2) is 30.3 Å². The highest BCUT2D eigenvalue weighted by Gasteiger charge is 2.46. The highest BCUT2D eigenvalue weighted by Crippen LogP contribution is 2.47. The van der Waals surface area contributed by atoms with Gasteiger partial charge in [-0.25, -0.2) is 0 Å². The van der Waals surface area contributed by atoms with Gasteiger partial charge in [0.1, 0.15) is 0 Å². The lowest BCUT2D eigenvalue weighted by atomic mass is 9.72. The lowest BCUT2D eigenvalue weighted by molar-refractivity contribution is 0.0429. The molecule has 0 saturated heterocycles. The Morgan fingerprint density at radius 1 is 1.12 bits per heavy atom. The molecule has 0 aromatic heterocycles. The van der Waals surface area contributed by atoms with Crippen molar-refractivity contribution < 1.29 is 4.74 Å². The SMILES string of the molecule is N[C@@H]1C[C@H]2C[C@H](OCc3ccccc3)C[C@H]21. The standard InChI is InChI=1S/C14H19NO/c15-14-7-11-6-12(8-13(11)14)16-9-10-4-2-1-3-5-10/h1-5,11-14H,6-9,15H2/t11-,12+,13-,14-/m1/s1. The predicted octanol–water partition coefficient (Wildman–Crippen LogP) is 2.33. The molecule has 2 heteroatoms. The van der Waals surface area contributed by atoms with Crippen LogP contribution in [0.4, 0.5) is 0 Å². The molecule has 2 saturated carbocycles. The van der Waals surface area contributed by atoms with Crippen LogP contribution in [0.3, 0.4) is 0 Å². The fourth-order valence-corrected chi connectivity index (χ4v) is 3.15. The van der Waals surface area contributed by atoms with Gasteiger partial charge in [0, 0.05) is 6.04 Å². The molecule has 1 aromatic carbocycles. The van der Waals surface area contributed by atoms with Gasteiger partial charge >= 0.3 is 0 Å². The van der Waals surface area contributed by atoms with Gasteiger partial charge in [-0.3, -0.25) is 0 Å². The van der Waals surface area contributed by atoms with Crippen molar-refractivity contribution in [1.29, 1.82) is 0 Å². The van der Waals surface area contributed by atoms with Gasteiger partial charge in [-0.2, -0.15) is 0 Å². The molecule has 16 heavy (non-hydrogen) atoms. The summed E-state index contributed by atoms with van der Waals surface area (Å²) in [4.78, 5) is 0. The van der Waals surface area contributed by atoms with Crippen LogP contribution in [0.2, 0.25) is 0 Å². The number of fused-ring (bicyclic) bond motifs is 1. The quantitative estimate of drug-likeness (QED) is 0.843. The number of hydrogen-bond acceptors (Lipinski definition) is 2. The van der Waals surface area contributed by atoms with Gasteiger partial charge in [-0.05, 0) is 36.7 Å². The molecule has 2 aliphatic rings. The van der Waals surface area contributed by atoms with Crippen LogP contribution >= 0.6 is 0 Å². The van der Waals surface area contributed by atoms with Crippen LogP contribution in [0.1, 0.15) is 24.8 Å². The number of nitrogens with two attached hydrogens (primary N) is 1. The summed E-state index contributed by atoms with van der Waals surface area (Å²) in [7, 11) is 0. The first-order chi connectivity index (χ1) is 7.83. The summed E-state index contributed by atoms with van der Waals surface area (Å²) in [5, 5.41) is 0. The van der Waals surface area contributed by atoms with E-state index in [-0.39, 0.29) is 0 Å². The molecule has 86 valence electrons. The highest BCUT2D eigenvalue weighted by molar-refractivity contribution is 5.13. The third-order valence-corrected chi connectivity index (χ3v) is 4.16. The second kappa shape index (κ2) is 4.19. The summed E-state index contributed by atoms with van der Waals surface area (Å²) in [6.07, 6.45) is 4.07. The van der Waals surface area contributed by atoms with Crippen molar-refractivity contribution in [1.82, 2.24) is 0 Å². The maximum Gasteiger partial charge on any atom is 0.0720 e. The Bertz CT molecular complexity index is 351. The van der Waals surface area contributed by atoms with E-state index in [1.807, 2.05) is 6.07 Å². The number of benzene rings is 1. The minimum atomic E-state index is 0.448. The maximum atomic E-state index is 5.98. The van der Waals surface area contributed by atoms with Crippen molar-refractivity contribution in [3.8, 4) is 0 Å². The normalized spacial score (nSPS) is 36.8. The van der Waals surface area contributed by atoms with E-state index >= 15 is 0 Å². The lowest BCUT2D eigenvalue weighted by Gasteiger charge is -2.37. The van der Waals surface area contributed by atoms with E-state index in [0.717, 1.165) is 18.4 Å². The minimum absolute atomic E-state index is 0.448. The second-order valence-electron chi connectivity index (χ2n) is 5.21. The predicted molar refractivity (Wildman–Crippen MR) is 63.8 cm³/mol. The summed E-state index contributed by atoms with van der Waals surface area (Å²) >= 11 is 0. The fourth-order valence-electron chi connectivity index (χ4n) is 3.15. The Kier molecular flexibility index (Phi) is 2.70. The molecular formula is C14H19NO. The van der Waals surface area contributed by atoms with Gasteiger partial charge in [-0.1, -0.05) is 30.3 Å². The third-order valence-electron chi connectivity index (χ3n) is 4.16. The zero-order valence-electron chi connectivity index (χ0n) is 9.51. The number of hydrogen-bond donors (Lipinski definition) is 1. The highest BCUT2D eigenvalue weighted by atomic mass is 16.5. The van der Waals surface area contributed by atoms with Crippen molar-refractivity contribution in [2.45, 2.75) is 38.0 Å². The Labute approximate surface area is 96.8 Å². The first-order valence-corrected chi connectivity index (χ1v) is 6.24. The molecule has 0 radical (unpaired) electrons. The van der Waals surface area contributed by atoms with Crippen molar-refractivity contribution in [3.63, 3.8) is 0 Å². The Morgan fingerprint density at radius 3 is 2.62 bits per heavy atom. The van der Waals surface area contributed by atoms with Gasteiger partial charge in [-0.15, -0.1) is 0 Å². The zero-order chi connectivity index (χ0) is 11.0. The van der Waals surface area contributed by atoms with Gasteiger partial charge in [0.2, 0.25) is 0 Å². The molecular weight excluding hydrogens is 198 g/mol. The molecule has 0 amide bonds. The molecule has 0 aliphatic heterocycles. The molecule has 0 heterocycles. The smallest absolute Gasteiger partial charge is 0.0720 e. The van der Waals surface area contributed by atoms with E-state index in [4.69, 9.17) is 10.5 Å². The Morgan fingerprint density at radius 2 is 1.94 bits per heavy atom. The summed E-state index contributed by atoms with van der Waals surface area (Å²) < 4.78 is 5.96. The number of rotatable bonds is 3. The second-order valence-corrected chi connectivity index (χ2v) is 5.21. The van der Waals surface area contributed by atoms with E-state index in [0.29, 0.717) is 12.1 Å². The molecule has 2 aliphatic carbocycles. The van der Waals surface area contributed by atoms with Gasteiger partial charge < -0.3 is 10.5 Å². The average Bonchev–Trinajstić information content (AvgIpc) is 2.65. The summed E-state index contributed by atoms with van der Waals surface area (Å²) in [6.45, 7) is 0.750. The van der Waals surface area contributed by atoms with Crippen molar-refractivity contribution in [3.05, 3.63) is 35.9 Å². The van der Waals surface area contributed by atoms with Crippen molar-refractivity contribution in [2.75, 3.05) is 0 Å². The summed E-state index contributed by atoms with van der Waals surface area (Å²) in [5.41, 5.74) is 7.25. The summed E-state index contributed by atoms with van der Waals surface area (Å²) in [6, 6.07) is 10.9. The van der Waals surface area contributed by atoms with E-state index < -0.39 is 0 Å². The molecule has 2 fully saturated rings. The van der Waals surface area contributed by atoms with Crippen LogP contribution in [0, 0.1) is 11.8 Å². The topological polar surface area (TPSA) is 35.2 Å². The largest absolute Gasteiger partial charge is 0.374 e. The molecule has 0 unspecified atom stereocenters. The van der Waals surface area contributed by atoms with Crippen molar-refractivity contribution in [2.24, 2.45) is 17.6 Å². The van der Waals surface area contributed by atoms with Crippen LogP contribution in [-0.2, 0) is 11.3 Å². The molecule has 0 spiro atoms. The van der Waals surface area contributed by atoms with Crippen molar-refractivity contribution >= 4 is 0 Å². The fraction of sp³-hybridized carbons (Fsp3) is 0.571. The Hall–Kier alpha value is -0.860. The number of ether oxygens (including phenoxy) is 1. The monoisotopic (exact) mass is 217 g/mol. The van der Waals surface area contributed by atoms with E-state index in [2.05, 4.69) is 24.3 Å². The average molecular weight is 217 g/mol. The maximum absolute atomic E-state index is 5.98. The summed E-state index contributed by atoms with van der Waals surface area (Å²) in [5.74, 6) is 1.61. The van der Waals surface area contributed by atoms with Crippen LogP contribution in [0.25, 0.3) is 0 Å². The van der Waals surface area contributed by atoms with Gasteiger partial charge in [0.25, 0.3) is 0 Å². The molecule has 0 bridgehead atoms. The van der Waals surface area contributed by atoms with Gasteiger partial charge in [0.05, 0.1) is 12.7 Å². The van der Waals surface area contributed by atoms with Crippen LogP contribution in [-0.4, -0.2) is 12.1 Å². The first kappa shape index (κ1) is 10.3. The van der Waals surface area contributed by atoms with Crippen LogP contribution in [0.5, 0.6) is 0 Å². The minimum Gasteiger partial charge on any atom is -0.374 e. The molecule has 4 atom stereocenters. The van der Waals surface area contributed by atoms with E-state index in [9.17, 15) is 0 Å². The Balaban J connectivity index is 1.50. The van der Waals surface area contributed by atoms with E-state index in [1.54, 1.807) is 0 Å². The first-order valence-electron chi connectivity index (χ1n) is 6.24. The molecule has 1 aromatic rings. The molecule has 2 N–H and O–H groups in total. The van der Waals surface area contributed by atoms with Gasteiger partial charge in [0.15, 0.2) is 0 Å². The third kappa shape index (κ3) is 1.87. The zero-order valence-corrected chi connectivity index (χ0v) is 9.51. The van der Waals surface area contributed by atoms with E-state index in [1.165, 1.54) is 24.8 Å². The molecule has 2 nitrogen and oxygen atoms in total. The van der Waals surface area contributed by atoms with Crippen LogP contribution < -0.4 is 5.73 Å². The lowest BCUT2D eigenvalue weighted by Crippen LogP contribution is -2.44. The molecule has 3 rings (SSSR count).